The average molecular weight is 488 g/mol. The molecule has 32 heavy (non-hydrogen) atoms. The summed E-state index contributed by atoms with van der Waals surface area (Å²) in [5, 5.41) is 11.0. The van der Waals surface area contributed by atoms with E-state index in [-0.39, 0.29) is 23.8 Å². The Balaban J connectivity index is 1.56. The summed E-state index contributed by atoms with van der Waals surface area (Å²) in [6.45, 7) is 0.174. The summed E-state index contributed by atoms with van der Waals surface area (Å²) >= 11 is 12.2. The monoisotopic (exact) mass is 487 g/mol. The first kappa shape index (κ1) is 22.0. The van der Waals surface area contributed by atoms with Crippen LogP contribution in [0.1, 0.15) is 40.3 Å². The van der Waals surface area contributed by atoms with E-state index in [1.165, 1.54) is 11.0 Å². The van der Waals surface area contributed by atoms with Gasteiger partial charge in [-0.25, -0.2) is 36.7 Å². The molecule has 0 spiro atoms. The van der Waals surface area contributed by atoms with Gasteiger partial charge in [0.15, 0.2) is 11.3 Å². The number of nitrogens with zero attached hydrogens (tertiary/aromatic N) is 6. The van der Waals surface area contributed by atoms with Crippen molar-refractivity contribution in [3.8, 4) is 0 Å². The van der Waals surface area contributed by atoms with Gasteiger partial charge >= 0.3 is 0 Å². The molecule has 0 aliphatic heterocycles. The van der Waals surface area contributed by atoms with E-state index >= 15 is 0 Å². The van der Waals surface area contributed by atoms with Gasteiger partial charge in [-0.2, -0.15) is 5.10 Å². The highest BCUT2D eigenvalue weighted by Gasteiger charge is 2.22. The van der Waals surface area contributed by atoms with Gasteiger partial charge in [0.25, 0.3) is 18.8 Å². The van der Waals surface area contributed by atoms with Crippen molar-refractivity contribution in [2.45, 2.75) is 19.4 Å². The number of amides is 1. The van der Waals surface area contributed by atoms with Crippen LogP contribution in [0.15, 0.2) is 36.7 Å². The van der Waals surface area contributed by atoms with E-state index in [9.17, 15) is 22.4 Å². The number of carbonyl (C=O) groups is 1. The molecule has 0 unspecified atom stereocenters. The summed E-state index contributed by atoms with van der Waals surface area (Å²) in [6.07, 6.45) is -4.85. The first-order valence-electron chi connectivity index (χ1n) is 8.83. The van der Waals surface area contributed by atoms with Gasteiger partial charge < -0.3 is 0 Å². The predicted octanol–water partition coefficient (Wildman–Crippen LogP) is 4.80. The van der Waals surface area contributed by atoms with Crippen LogP contribution in [0.4, 0.5) is 23.5 Å². The van der Waals surface area contributed by atoms with Gasteiger partial charge in [-0.1, -0.05) is 29.3 Å². The Morgan fingerprint density at radius 1 is 1.06 bits per heavy atom. The van der Waals surface area contributed by atoms with E-state index in [4.69, 9.17) is 23.2 Å². The molecule has 8 nitrogen and oxygen atoms in total. The van der Waals surface area contributed by atoms with Gasteiger partial charge in [0.05, 0.1) is 6.54 Å². The van der Waals surface area contributed by atoms with Crippen LogP contribution in [-0.4, -0.2) is 35.3 Å². The van der Waals surface area contributed by atoms with E-state index in [2.05, 4.69) is 25.5 Å². The van der Waals surface area contributed by atoms with Crippen molar-refractivity contribution < 1.29 is 22.4 Å². The zero-order valence-corrected chi connectivity index (χ0v) is 17.2. The number of alkyl halides is 4. The molecule has 4 aromatic rings. The Bertz CT molecular complexity index is 1290. The van der Waals surface area contributed by atoms with Crippen LogP contribution in [0.3, 0.4) is 0 Å². The summed E-state index contributed by atoms with van der Waals surface area (Å²) in [6, 6.07) is 6.56. The van der Waals surface area contributed by atoms with Gasteiger partial charge in [-0.15, -0.1) is 5.10 Å². The Kier molecular flexibility index (Phi) is 5.98. The average Bonchev–Trinajstić information content (AvgIpc) is 3.36. The van der Waals surface area contributed by atoms with Crippen LogP contribution >= 0.6 is 23.2 Å². The second-order valence-corrected chi connectivity index (χ2v) is 7.24. The maximum absolute atomic E-state index is 13.3. The van der Waals surface area contributed by atoms with Crippen molar-refractivity contribution >= 4 is 40.7 Å². The zero-order valence-electron chi connectivity index (χ0n) is 15.7. The highest BCUT2D eigenvalue weighted by atomic mass is 35.5. The standard InChI is InChI=1S/C18H11Cl2F4N7O/c19-9-2-1-3-10(20)8(9)6-30-7-25-18(29-30)27-17(32)12-5-14-26-11(15(21)22)4-13(16(23)24)31(14)28-12/h1-5,7,15-16H,6H2,(H,27,29,32). The largest absolute Gasteiger partial charge is 0.288 e. The SMILES string of the molecule is O=C(Nc1ncn(Cc2c(Cl)cccc2Cl)n1)c1cc2nc(C(F)F)cc(C(F)F)n2n1. The third-order valence-electron chi connectivity index (χ3n) is 4.30. The maximum Gasteiger partial charge on any atom is 0.280 e. The Morgan fingerprint density at radius 3 is 2.44 bits per heavy atom. The van der Waals surface area contributed by atoms with E-state index in [1.54, 1.807) is 18.2 Å². The molecule has 0 fully saturated rings. The molecule has 0 saturated heterocycles. The Hall–Kier alpha value is -3.25. The van der Waals surface area contributed by atoms with Crippen molar-refractivity contribution in [2.24, 2.45) is 0 Å². The van der Waals surface area contributed by atoms with Crippen LogP contribution < -0.4 is 5.32 Å². The summed E-state index contributed by atoms with van der Waals surface area (Å²) in [5.74, 6) is -0.951. The van der Waals surface area contributed by atoms with Crippen molar-refractivity contribution in [1.82, 2.24) is 29.4 Å². The van der Waals surface area contributed by atoms with Crippen molar-refractivity contribution in [3.05, 3.63) is 69.3 Å². The van der Waals surface area contributed by atoms with E-state index < -0.39 is 30.1 Å². The van der Waals surface area contributed by atoms with Crippen LogP contribution in [0.5, 0.6) is 0 Å². The number of carbonyl (C=O) groups excluding carboxylic acids is 1. The van der Waals surface area contributed by atoms with E-state index in [1.807, 2.05) is 0 Å². The molecule has 3 heterocycles. The molecule has 1 amide bonds. The fraction of sp³-hybridized carbons (Fsp3) is 0.167. The molecule has 0 aliphatic carbocycles. The number of hydrogen-bond acceptors (Lipinski definition) is 5. The topological polar surface area (TPSA) is 90.0 Å². The van der Waals surface area contributed by atoms with E-state index in [0.717, 1.165) is 6.07 Å². The fourth-order valence-electron chi connectivity index (χ4n) is 2.84. The lowest BCUT2D eigenvalue weighted by Gasteiger charge is -2.06. The molecule has 0 aliphatic rings. The van der Waals surface area contributed by atoms with Gasteiger partial charge in [-0.05, 0) is 18.2 Å². The fourth-order valence-corrected chi connectivity index (χ4v) is 3.35. The molecule has 0 bridgehead atoms. The molecule has 166 valence electrons. The van der Waals surface area contributed by atoms with Gasteiger partial charge in [0, 0.05) is 21.7 Å². The lowest BCUT2D eigenvalue weighted by atomic mass is 10.2. The third-order valence-corrected chi connectivity index (χ3v) is 5.01. The van der Waals surface area contributed by atoms with E-state index in [0.29, 0.717) is 26.2 Å². The van der Waals surface area contributed by atoms with Crippen molar-refractivity contribution in [3.63, 3.8) is 0 Å². The number of fused-ring (bicyclic) bond motifs is 1. The maximum atomic E-state index is 13.3. The predicted molar refractivity (Wildman–Crippen MR) is 106 cm³/mol. The summed E-state index contributed by atoms with van der Waals surface area (Å²) in [4.78, 5) is 20.0. The number of anilines is 1. The van der Waals surface area contributed by atoms with Crippen LogP contribution in [0.25, 0.3) is 5.65 Å². The lowest BCUT2D eigenvalue weighted by molar-refractivity contribution is 0.101. The highest BCUT2D eigenvalue weighted by molar-refractivity contribution is 6.35. The number of benzene rings is 1. The second kappa shape index (κ2) is 8.71. The Labute approximate surface area is 186 Å². The van der Waals surface area contributed by atoms with Gasteiger partial charge in [0.2, 0.25) is 5.95 Å². The molecule has 1 N–H and O–H groups in total. The van der Waals surface area contributed by atoms with Gasteiger partial charge in [-0.3, -0.25) is 10.1 Å². The number of rotatable bonds is 6. The Morgan fingerprint density at radius 2 is 1.78 bits per heavy atom. The third kappa shape index (κ3) is 4.36. The molecule has 4 rings (SSSR count). The number of aromatic nitrogens is 6. The van der Waals surface area contributed by atoms with Gasteiger partial charge in [0.1, 0.15) is 17.7 Å². The highest BCUT2D eigenvalue weighted by Crippen LogP contribution is 2.26. The quantitative estimate of drug-likeness (QED) is 0.394. The normalized spacial score (nSPS) is 11.6. The van der Waals surface area contributed by atoms with Crippen LogP contribution in [0, 0.1) is 0 Å². The number of hydrogen-bond donors (Lipinski definition) is 1. The molecular formula is C18H11Cl2F4N7O. The molecule has 0 radical (unpaired) electrons. The summed E-state index contributed by atoms with van der Waals surface area (Å²) in [7, 11) is 0. The number of nitrogens with one attached hydrogen (secondary N) is 1. The minimum atomic E-state index is -3.11. The second-order valence-electron chi connectivity index (χ2n) is 6.43. The minimum Gasteiger partial charge on any atom is -0.288 e. The van der Waals surface area contributed by atoms with Crippen molar-refractivity contribution in [1.29, 1.82) is 0 Å². The molecule has 1 aromatic carbocycles. The first-order chi connectivity index (χ1) is 15.2. The number of halogens is 6. The molecule has 3 aromatic heterocycles. The lowest BCUT2D eigenvalue weighted by Crippen LogP contribution is -2.14. The zero-order chi connectivity index (χ0) is 23.0. The first-order valence-corrected chi connectivity index (χ1v) is 9.59. The molecule has 0 atom stereocenters. The van der Waals surface area contributed by atoms with Crippen LogP contribution in [0.2, 0.25) is 10.0 Å². The summed E-state index contributed by atoms with van der Waals surface area (Å²) in [5.41, 5.74) is -1.73. The minimum absolute atomic E-state index is 0.106. The molecular weight excluding hydrogens is 477 g/mol. The molecule has 14 heteroatoms. The molecule has 0 saturated carbocycles. The van der Waals surface area contributed by atoms with Crippen LogP contribution in [-0.2, 0) is 6.54 Å². The summed E-state index contributed by atoms with van der Waals surface area (Å²) < 4.78 is 54.4. The van der Waals surface area contributed by atoms with Crippen molar-refractivity contribution in [2.75, 3.05) is 5.32 Å². The smallest absolute Gasteiger partial charge is 0.280 e.